The van der Waals surface area contributed by atoms with Gasteiger partial charge in [0.1, 0.15) is 0 Å². The number of unbranched alkanes of at least 4 members (excludes halogenated alkanes) is 6. The lowest BCUT2D eigenvalue weighted by atomic mass is 9.86. The summed E-state index contributed by atoms with van der Waals surface area (Å²) in [5, 5.41) is 0. The minimum Gasteiger partial charge on any atom is -0.399 e. The van der Waals surface area contributed by atoms with Crippen LogP contribution in [0.3, 0.4) is 0 Å². The molecule has 0 aromatic heterocycles. The van der Waals surface area contributed by atoms with Crippen molar-refractivity contribution in [3.8, 4) is 0 Å². The van der Waals surface area contributed by atoms with E-state index in [1.165, 1.54) is 80.9 Å². The Labute approximate surface area is 161 Å². The summed E-state index contributed by atoms with van der Waals surface area (Å²) in [5.41, 5.74) is 11.1. The average molecular weight is 352 g/mol. The van der Waals surface area contributed by atoms with Crippen molar-refractivity contribution < 1.29 is 0 Å². The minimum absolute atomic E-state index is 0.488. The van der Waals surface area contributed by atoms with E-state index in [4.69, 9.17) is 5.73 Å². The van der Waals surface area contributed by atoms with Gasteiger partial charge in [-0.25, -0.2) is 0 Å². The van der Waals surface area contributed by atoms with Crippen LogP contribution in [-0.2, 0) is 6.42 Å². The number of nitrogens with two attached hydrogens (primary N) is 1. The number of nitrogen functional groups attached to an aromatic ring is 1. The van der Waals surface area contributed by atoms with Crippen LogP contribution in [0.2, 0.25) is 0 Å². The number of aryl methyl sites for hydroxylation is 1. The fourth-order valence-electron chi connectivity index (χ4n) is 3.68. The summed E-state index contributed by atoms with van der Waals surface area (Å²) in [6, 6.07) is 17.9. The van der Waals surface area contributed by atoms with Gasteiger partial charge in [0.25, 0.3) is 0 Å². The Balaban J connectivity index is 2.03. The summed E-state index contributed by atoms with van der Waals surface area (Å²) >= 11 is 0. The summed E-state index contributed by atoms with van der Waals surface area (Å²) in [4.78, 5) is 0. The highest BCUT2D eigenvalue weighted by molar-refractivity contribution is 5.43. The molecule has 26 heavy (non-hydrogen) atoms. The number of rotatable bonds is 12. The largest absolute Gasteiger partial charge is 0.399 e. The predicted octanol–water partition coefficient (Wildman–Crippen LogP) is 7.49. The molecule has 0 radical (unpaired) electrons. The summed E-state index contributed by atoms with van der Waals surface area (Å²) in [7, 11) is 0. The third kappa shape index (κ3) is 6.86. The normalized spacial score (nSPS) is 12.2. The molecular formula is C25H37N. The van der Waals surface area contributed by atoms with Crippen LogP contribution >= 0.6 is 0 Å². The topological polar surface area (TPSA) is 26.0 Å². The number of hydrogen-bond donors (Lipinski definition) is 1. The second kappa shape index (κ2) is 11.8. The zero-order valence-corrected chi connectivity index (χ0v) is 16.8. The standard InChI is InChI=1S/C25H37N/c1-3-5-7-8-9-10-12-25(23-17-19-24(26)20-18-23)22-15-13-21(14-16-22)11-6-4-2/h13-20,25H,3-12,26H2,1-2H3. The van der Waals surface area contributed by atoms with E-state index in [9.17, 15) is 0 Å². The molecule has 142 valence electrons. The molecule has 0 aliphatic carbocycles. The highest BCUT2D eigenvalue weighted by Gasteiger charge is 2.14. The zero-order valence-electron chi connectivity index (χ0n) is 16.8. The first-order valence-electron chi connectivity index (χ1n) is 10.7. The van der Waals surface area contributed by atoms with Gasteiger partial charge in [0.05, 0.1) is 0 Å². The van der Waals surface area contributed by atoms with Crippen molar-refractivity contribution >= 4 is 5.69 Å². The first-order chi connectivity index (χ1) is 12.7. The maximum absolute atomic E-state index is 5.90. The maximum atomic E-state index is 5.90. The van der Waals surface area contributed by atoms with E-state index < -0.39 is 0 Å². The van der Waals surface area contributed by atoms with Gasteiger partial charge in [-0.1, -0.05) is 95.2 Å². The lowest BCUT2D eigenvalue weighted by Gasteiger charge is -2.19. The number of benzene rings is 2. The van der Waals surface area contributed by atoms with Gasteiger partial charge >= 0.3 is 0 Å². The van der Waals surface area contributed by atoms with E-state index in [0.717, 1.165) is 5.69 Å². The van der Waals surface area contributed by atoms with E-state index in [2.05, 4.69) is 50.2 Å². The first kappa shape index (κ1) is 20.6. The van der Waals surface area contributed by atoms with Crippen LogP contribution in [0.4, 0.5) is 5.69 Å². The lowest BCUT2D eigenvalue weighted by molar-refractivity contribution is 0.568. The Morgan fingerprint density at radius 2 is 1.19 bits per heavy atom. The molecule has 2 aromatic rings. The molecule has 1 atom stereocenters. The lowest BCUT2D eigenvalue weighted by Crippen LogP contribution is -2.02. The smallest absolute Gasteiger partial charge is 0.0314 e. The van der Waals surface area contributed by atoms with E-state index in [0.29, 0.717) is 5.92 Å². The Morgan fingerprint density at radius 1 is 0.654 bits per heavy atom. The molecule has 1 nitrogen and oxygen atoms in total. The van der Waals surface area contributed by atoms with Gasteiger partial charge in [0.15, 0.2) is 0 Å². The summed E-state index contributed by atoms with van der Waals surface area (Å²) in [6.45, 7) is 4.54. The molecule has 0 saturated heterocycles. The predicted molar refractivity (Wildman–Crippen MR) is 116 cm³/mol. The van der Waals surface area contributed by atoms with Gasteiger partial charge < -0.3 is 5.73 Å². The van der Waals surface area contributed by atoms with E-state index >= 15 is 0 Å². The first-order valence-corrected chi connectivity index (χ1v) is 10.7. The van der Waals surface area contributed by atoms with Crippen LogP contribution in [0.1, 0.15) is 94.2 Å². The van der Waals surface area contributed by atoms with Crippen LogP contribution in [0.25, 0.3) is 0 Å². The molecule has 0 aliphatic heterocycles. The Morgan fingerprint density at radius 3 is 1.81 bits per heavy atom. The average Bonchev–Trinajstić information content (AvgIpc) is 2.67. The molecule has 0 heterocycles. The quantitative estimate of drug-likeness (QED) is 0.311. The summed E-state index contributed by atoms with van der Waals surface area (Å²) in [5.74, 6) is 0.488. The number of hydrogen-bond acceptors (Lipinski definition) is 1. The maximum Gasteiger partial charge on any atom is 0.0314 e. The Kier molecular flexibility index (Phi) is 9.31. The van der Waals surface area contributed by atoms with Crippen molar-refractivity contribution in [3.63, 3.8) is 0 Å². The zero-order chi connectivity index (χ0) is 18.6. The fraction of sp³-hybridized carbons (Fsp3) is 0.520. The van der Waals surface area contributed by atoms with Crippen LogP contribution in [-0.4, -0.2) is 0 Å². The van der Waals surface area contributed by atoms with Crippen LogP contribution in [0.15, 0.2) is 48.5 Å². The van der Waals surface area contributed by atoms with Gasteiger partial charge in [-0.05, 0) is 48.1 Å². The molecule has 0 bridgehead atoms. The van der Waals surface area contributed by atoms with Crippen molar-refractivity contribution in [2.24, 2.45) is 0 Å². The van der Waals surface area contributed by atoms with Crippen molar-refractivity contribution in [3.05, 3.63) is 65.2 Å². The van der Waals surface area contributed by atoms with Crippen LogP contribution < -0.4 is 5.73 Å². The van der Waals surface area contributed by atoms with Crippen molar-refractivity contribution in [2.75, 3.05) is 5.73 Å². The molecule has 1 heteroatoms. The van der Waals surface area contributed by atoms with Gasteiger partial charge in [-0.2, -0.15) is 0 Å². The molecule has 2 N–H and O–H groups in total. The highest BCUT2D eigenvalue weighted by atomic mass is 14.5. The fourth-order valence-corrected chi connectivity index (χ4v) is 3.68. The second-order valence-corrected chi connectivity index (χ2v) is 7.62. The van der Waals surface area contributed by atoms with Gasteiger partial charge in [0.2, 0.25) is 0 Å². The highest BCUT2D eigenvalue weighted by Crippen LogP contribution is 2.31. The van der Waals surface area contributed by atoms with E-state index in [1.54, 1.807) is 0 Å². The van der Waals surface area contributed by atoms with E-state index in [1.807, 2.05) is 12.1 Å². The molecule has 2 rings (SSSR count). The molecule has 0 aliphatic rings. The molecule has 0 fully saturated rings. The SMILES string of the molecule is CCCCCCCCC(c1ccc(N)cc1)c1ccc(CCCC)cc1. The van der Waals surface area contributed by atoms with Crippen LogP contribution in [0, 0.1) is 0 Å². The Hall–Kier alpha value is -1.76. The second-order valence-electron chi connectivity index (χ2n) is 7.62. The summed E-state index contributed by atoms with van der Waals surface area (Å²) < 4.78 is 0. The van der Waals surface area contributed by atoms with Crippen LogP contribution in [0.5, 0.6) is 0 Å². The molecule has 2 aromatic carbocycles. The minimum atomic E-state index is 0.488. The molecule has 0 amide bonds. The van der Waals surface area contributed by atoms with Gasteiger partial charge in [-0.3, -0.25) is 0 Å². The molecule has 0 spiro atoms. The van der Waals surface area contributed by atoms with Crippen molar-refractivity contribution in [2.45, 2.75) is 84.0 Å². The van der Waals surface area contributed by atoms with Crippen molar-refractivity contribution in [1.29, 1.82) is 0 Å². The monoisotopic (exact) mass is 351 g/mol. The molecule has 0 saturated carbocycles. The summed E-state index contributed by atoms with van der Waals surface area (Å²) in [6.07, 6.45) is 13.1. The van der Waals surface area contributed by atoms with Crippen molar-refractivity contribution in [1.82, 2.24) is 0 Å². The van der Waals surface area contributed by atoms with Gasteiger partial charge in [0, 0.05) is 11.6 Å². The Bertz CT molecular complexity index is 597. The molecule has 1 unspecified atom stereocenters. The van der Waals surface area contributed by atoms with E-state index in [-0.39, 0.29) is 0 Å². The molecular weight excluding hydrogens is 314 g/mol. The van der Waals surface area contributed by atoms with Gasteiger partial charge in [-0.15, -0.1) is 0 Å². The number of anilines is 1. The third-order valence-corrected chi connectivity index (χ3v) is 5.39. The third-order valence-electron chi connectivity index (χ3n) is 5.39.